The zero-order valence-electron chi connectivity index (χ0n) is 13.1. The van der Waals surface area contributed by atoms with Gasteiger partial charge >= 0.3 is 0 Å². The summed E-state index contributed by atoms with van der Waals surface area (Å²) in [7, 11) is 0. The molecule has 1 aromatic carbocycles. The lowest BCUT2D eigenvalue weighted by Crippen LogP contribution is -2.33. The standard InChI is InChI=1S/C17H26BrNO2/c1-3-5-12-19(13-11-18)17(20)15-7-9-16(10-8-15)21-14-6-4-2/h7-10H,3-6,11-14H2,1-2H3. The Morgan fingerprint density at radius 3 is 2.33 bits per heavy atom. The molecule has 1 aromatic rings. The number of nitrogens with zero attached hydrogens (tertiary/aromatic N) is 1. The molecule has 0 saturated carbocycles. The largest absolute Gasteiger partial charge is 0.494 e. The first-order chi connectivity index (χ1) is 10.2. The number of unbranched alkanes of at least 4 members (excludes halogenated alkanes) is 2. The van der Waals surface area contributed by atoms with Crippen LogP contribution in [0.5, 0.6) is 5.75 Å². The van der Waals surface area contributed by atoms with Crippen molar-refractivity contribution < 1.29 is 9.53 Å². The Bertz CT molecular complexity index is 406. The third-order valence-corrected chi connectivity index (χ3v) is 3.65. The number of alkyl halides is 1. The number of ether oxygens (including phenoxy) is 1. The Kier molecular flexibility index (Phi) is 9.15. The Morgan fingerprint density at radius 1 is 1.10 bits per heavy atom. The predicted octanol–water partition coefficient (Wildman–Crippen LogP) is 4.50. The highest BCUT2D eigenvalue weighted by Gasteiger charge is 2.14. The topological polar surface area (TPSA) is 29.5 Å². The number of rotatable bonds is 10. The van der Waals surface area contributed by atoms with Gasteiger partial charge in [-0.05, 0) is 37.1 Å². The molecule has 0 heterocycles. The smallest absolute Gasteiger partial charge is 0.253 e. The van der Waals surface area contributed by atoms with Gasteiger partial charge in [0.05, 0.1) is 6.61 Å². The third kappa shape index (κ3) is 6.51. The van der Waals surface area contributed by atoms with Gasteiger partial charge in [0.25, 0.3) is 5.91 Å². The number of halogens is 1. The lowest BCUT2D eigenvalue weighted by atomic mass is 10.2. The van der Waals surface area contributed by atoms with Crippen LogP contribution in [0.3, 0.4) is 0 Å². The number of amides is 1. The molecule has 0 atom stereocenters. The van der Waals surface area contributed by atoms with Crippen molar-refractivity contribution in [1.29, 1.82) is 0 Å². The minimum Gasteiger partial charge on any atom is -0.494 e. The molecule has 0 saturated heterocycles. The molecule has 0 radical (unpaired) electrons. The van der Waals surface area contributed by atoms with Crippen molar-refractivity contribution >= 4 is 21.8 Å². The molecule has 0 fully saturated rings. The molecule has 0 aliphatic rings. The second-order valence-electron chi connectivity index (χ2n) is 5.06. The van der Waals surface area contributed by atoms with Crippen LogP contribution in [0, 0.1) is 0 Å². The van der Waals surface area contributed by atoms with Crippen LogP contribution < -0.4 is 4.74 Å². The van der Waals surface area contributed by atoms with Gasteiger partial charge in [-0.1, -0.05) is 42.6 Å². The number of hydrogen-bond acceptors (Lipinski definition) is 2. The lowest BCUT2D eigenvalue weighted by molar-refractivity contribution is 0.0764. The molecule has 0 N–H and O–H groups in total. The minimum absolute atomic E-state index is 0.100. The summed E-state index contributed by atoms with van der Waals surface area (Å²) in [4.78, 5) is 14.4. The summed E-state index contributed by atoms with van der Waals surface area (Å²) < 4.78 is 5.62. The van der Waals surface area contributed by atoms with Gasteiger partial charge in [0.1, 0.15) is 5.75 Å². The first kappa shape index (κ1) is 18.0. The van der Waals surface area contributed by atoms with Crippen molar-refractivity contribution in [2.45, 2.75) is 39.5 Å². The molecular weight excluding hydrogens is 330 g/mol. The molecule has 0 bridgehead atoms. The van der Waals surface area contributed by atoms with Crippen LogP contribution in [0.2, 0.25) is 0 Å². The first-order valence-corrected chi connectivity index (χ1v) is 8.93. The zero-order valence-corrected chi connectivity index (χ0v) is 14.7. The summed E-state index contributed by atoms with van der Waals surface area (Å²) in [5.74, 6) is 0.934. The molecule has 4 heteroatoms. The molecule has 118 valence electrons. The van der Waals surface area contributed by atoms with E-state index in [1.165, 1.54) is 0 Å². The normalized spacial score (nSPS) is 10.4. The van der Waals surface area contributed by atoms with E-state index in [0.717, 1.165) is 62.0 Å². The molecule has 0 unspecified atom stereocenters. The van der Waals surface area contributed by atoms with Gasteiger partial charge in [-0.15, -0.1) is 0 Å². The molecule has 3 nitrogen and oxygen atoms in total. The van der Waals surface area contributed by atoms with E-state index in [0.29, 0.717) is 0 Å². The highest BCUT2D eigenvalue weighted by atomic mass is 79.9. The SMILES string of the molecule is CCCCOc1ccc(C(=O)N(CCBr)CCCC)cc1. The number of carbonyl (C=O) groups is 1. The molecule has 0 aliphatic heterocycles. The summed E-state index contributed by atoms with van der Waals surface area (Å²) in [6, 6.07) is 7.48. The molecule has 1 rings (SSSR count). The molecule has 0 spiro atoms. The Balaban J connectivity index is 2.62. The summed E-state index contributed by atoms with van der Waals surface area (Å²) in [5.41, 5.74) is 0.731. The van der Waals surface area contributed by atoms with Crippen LogP contribution in [-0.4, -0.2) is 35.8 Å². The van der Waals surface area contributed by atoms with E-state index in [1.807, 2.05) is 29.2 Å². The van der Waals surface area contributed by atoms with Crippen molar-refractivity contribution in [1.82, 2.24) is 4.90 Å². The van der Waals surface area contributed by atoms with E-state index in [4.69, 9.17) is 4.74 Å². The maximum Gasteiger partial charge on any atom is 0.253 e. The van der Waals surface area contributed by atoms with Gasteiger partial charge in [-0.3, -0.25) is 4.79 Å². The fourth-order valence-corrected chi connectivity index (χ4v) is 2.40. The molecule has 0 aliphatic carbocycles. The Labute approximate surface area is 136 Å². The second-order valence-corrected chi connectivity index (χ2v) is 5.85. The van der Waals surface area contributed by atoms with Crippen molar-refractivity contribution in [3.63, 3.8) is 0 Å². The maximum absolute atomic E-state index is 12.5. The second kappa shape index (κ2) is 10.7. The summed E-state index contributed by atoms with van der Waals surface area (Å²) in [5, 5.41) is 0.806. The molecular formula is C17H26BrNO2. The highest BCUT2D eigenvalue weighted by molar-refractivity contribution is 9.09. The van der Waals surface area contributed by atoms with Crippen LogP contribution in [0.15, 0.2) is 24.3 Å². The number of hydrogen-bond donors (Lipinski definition) is 0. The lowest BCUT2D eigenvalue weighted by Gasteiger charge is -2.21. The van der Waals surface area contributed by atoms with Crippen molar-refractivity contribution in [2.75, 3.05) is 25.0 Å². The predicted molar refractivity (Wildman–Crippen MR) is 91.5 cm³/mol. The van der Waals surface area contributed by atoms with Crippen molar-refractivity contribution in [3.05, 3.63) is 29.8 Å². The average molecular weight is 356 g/mol. The minimum atomic E-state index is 0.100. The van der Waals surface area contributed by atoms with Gasteiger partial charge in [-0.25, -0.2) is 0 Å². The van der Waals surface area contributed by atoms with Gasteiger partial charge in [-0.2, -0.15) is 0 Å². The molecule has 21 heavy (non-hydrogen) atoms. The summed E-state index contributed by atoms with van der Waals surface area (Å²) >= 11 is 3.42. The van der Waals surface area contributed by atoms with Crippen molar-refractivity contribution in [3.8, 4) is 5.75 Å². The van der Waals surface area contributed by atoms with E-state index in [-0.39, 0.29) is 5.91 Å². The molecule has 1 amide bonds. The van der Waals surface area contributed by atoms with E-state index in [9.17, 15) is 4.79 Å². The quantitative estimate of drug-likeness (QED) is 0.456. The van der Waals surface area contributed by atoms with Crippen LogP contribution in [-0.2, 0) is 0 Å². The van der Waals surface area contributed by atoms with Gasteiger partial charge in [0.2, 0.25) is 0 Å². The monoisotopic (exact) mass is 355 g/mol. The van der Waals surface area contributed by atoms with Crippen LogP contribution >= 0.6 is 15.9 Å². The number of carbonyl (C=O) groups excluding carboxylic acids is 1. The number of benzene rings is 1. The van der Waals surface area contributed by atoms with Gasteiger partial charge in [0, 0.05) is 24.0 Å². The van der Waals surface area contributed by atoms with E-state index in [2.05, 4.69) is 29.8 Å². The van der Waals surface area contributed by atoms with Gasteiger partial charge < -0.3 is 9.64 Å². The Hall–Kier alpha value is -1.03. The average Bonchev–Trinajstić information content (AvgIpc) is 2.52. The van der Waals surface area contributed by atoms with Crippen LogP contribution in [0.25, 0.3) is 0 Å². The summed E-state index contributed by atoms with van der Waals surface area (Å²) in [6.45, 7) is 6.57. The highest BCUT2D eigenvalue weighted by Crippen LogP contribution is 2.15. The van der Waals surface area contributed by atoms with E-state index in [1.54, 1.807) is 0 Å². The van der Waals surface area contributed by atoms with Crippen molar-refractivity contribution in [2.24, 2.45) is 0 Å². The van der Waals surface area contributed by atoms with E-state index >= 15 is 0 Å². The van der Waals surface area contributed by atoms with E-state index < -0.39 is 0 Å². The van der Waals surface area contributed by atoms with Crippen LogP contribution in [0.4, 0.5) is 0 Å². The third-order valence-electron chi connectivity index (χ3n) is 3.29. The maximum atomic E-state index is 12.5. The summed E-state index contributed by atoms with van der Waals surface area (Å²) in [6.07, 6.45) is 4.31. The fourth-order valence-electron chi connectivity index (χ4n) is 1.98. The first-order valence-electron chi connectivity index (χ1n) is 7.81. The Morgan fingerprint density at radius 2 is 1.76 bits per heavy atom. The fraction of sp³-hybridized carbons (Fsp3) is 0.588. The van der Waals surface area contributed by atoms with Gasteiger partial charge in [0.15, 0.2) is 0 Å². The molecule has 0 aromatic heterocycles. The zero-order chi connectivity index (χ0) is 15.5. The van der Waals surface area contributed by atoms with Crippen LogP contribution in [0.1, 0.15) is 49.9 Å².